The maximum Gasteiger partial charge on any atom is 0.227 e. The number of hydrogen-bond acceptors (Lipinski definition) is 4. The minimum absolute atomic E-state index is 0.148. The van der Waals surface area contributed by atoms with Gasteiger partial charge in [0.05, 0.1) is 19.3 Å². The van der Waals surface area contributed by atoms with Crippen LogP contribution in [0.25, 0.3) is 0 Å². The molecule has 1 fully saturated rings. The lowest BCUT2D eigenvalue weighted by molar-refractivity contribution is -0.118. The lowest BCUT2D eigenvalue weighted by Gasteiger charge is -2.20. The number of fused-ring (bicyclic) bond motifs is 1. The van der Waals surface area contributed by atoms with Gasteiger partial charge in [-0.3, -0.25) is 9.79 Å². The molecule has 0 spiro atoms. The van der Waals surface area contributed by atoms with E-state index in [0.29, 0.717) is 26.2 Å². The fourth-order valence-electron chi connectivity index (χ4n) is 3.57. The van der Waals surface area contributed by atoms with Crippen molar-refractivity contribution in [3.05, 3.63) is 29.8 Å². The van der Waals surface area contributed by atoms with Crippen molar-refractivity contribution in [2.45, 2.75) is 44.8 Å². The van der Waals surface area contributed by atoms with Gasteiger partial charge in [-0.25, -0.2) is 0 Å². The number of carbonyl (C=O) groups is 1. The van der Waals surface area contributed by atoms with Crippen LogP contribution in [0, 0.1) is 0 Å². The lowest BCUT2D eigenvalue weighted by Crippen LogP contribution is -2.45. The minimum Gasteiger partial charge on any atom is -0.379 e. The van der Waals surface area contributed by atoms with Gasteiger partial charge in [0, 0.05) is 44.9 Å². The second-order valence-electron chi connectivity index (χ2n) is 7.39. The van der Waals surface area contributed by atoms with E-state index in [0.717, 1.165) is 44.1 Å². The Balaban J connectivity index is 1.32. The monoisotopic (exact) mass is 388 g/mol. The van der Waals surface area contributed by atoms with Gasteiger partial charge in [0.25, 0.3) is 0 Å². The number of amides is 1. The second kappa shape index (κ2) is 10.4. The number of benzene rings is 1. The van der Waals surface area contributed by atoms with E-state index in [9.17, 15) is 4.79 Å². The molecule has 154 valence electrons. The van der Waals surface area contributed by atoms with Crippen LogP contribution in [0.2, 0.25) is 0 Å². The first-order chi connectivity index (χ1) is 13.7. The first-order valence-corrected chi connectivity index (χ1v) is 10.2. The van der Waals surface area contributed by atoms with Crippen LogP contribution in [0.5, 0.6) is 0 Å². The minimum atomic E-state index is 0.148. The van der Waals surface area contributed by atoms with Crippen molar-refractivity contribution in [2.24, 2.45) is 4.99 Å². The SMILES string of the molecule is CN=C(NCCCC(=O)N1CCc2ccccc21)NC(C)COC1CCOC1. The molecule has 1 aromatic rings. The molecule has 7 nitrogen and oxygen atoms in total. The summed E-state index contributed by atoms with van der Waals surface area (Å²) in [6.07, 6.45) is 3.42. The van der Waals surface area contributed by atoms with Crippen LogP contribution < -0.4 is 15.5 Å². The zero-order valence-corrected chi connectivity index (χ0v) is 16.9. The fraction of sp³-hybridized carbons (Fsp3) is 0.619. The molecule has 3 rings (SSSR count). The van der Waals surface area contributed by atoms with Crippen LogP contribution >= 0.6 is 0 Å². The number of hydrogen-bond donors (Lipinski definition) is 2. The Hall–Kier alpha value is -2.12. The predicted octanol–water partition coefficient (Wildman–Crippen LogP) is 1.71. The van der Waals surface area contributed by atoms with Gasteiger partial charge in [0.15, 0.2) is 5.96 Å². The average Bonchev–Trinajstić information content (AvgIpc) is 3.38. The summed E-state index contributed by atoms with van der Waals surface area (Å²) in [7, 11) is 1.75. The molecule has 1 saturated heterocycles. The molecule has 7 heteroatoms. The quantitative estimate of drug-likeness (QED) is 0.403. The molecule has 2 aliphatic heterocycles. The number of guanidine groups is 1. The summed E-state index contributed by atoms with van der Waals surface area (Å²) < 4.78 is 11.2. The van der Waals surface area contributed by atoms with Crippen LogP contribution in [0.15, 0.2) is 29.3 Å². The number of anilines is 1. The number of para-hydroxylation sites is 1. The smallest absolute Gasteiger partial charge is 0.227 e. The summed E-state index contributed by atoms with van der Waals surface area (Å²) in [5.74, 6) is 0.924. The largest absolute Gasteiger partial charge is 0.379 e. The molecule has 2 unspecified atom stereocenters. The highest BCUT2D eigenvalue weighted by Gasteiger charge is 2.23. The van der Waals surface area contributed by atoms with E-state index < -0.39 is 0 Å². The first kappa shape index (κ1) is 20.6. The average molecular weight is 389 g/mol. The highest BCUT2D eigenvalue weighted by Crippen LogP contribution is 2.27. The Labute approximate surface area is 167 Å². The Morgan fingerprint density at radius 3 is 3.07 bits per heavy atom. The predicted molar refractivity (Wildman–Crippen MR) is 111 cm³/mol. The Morgan fingerprint density at radius 1 is 1.43 bits per heavy atom. The number of ether oxygens (including phenoxy) is 2. The zero-order valence-electron chi connectivity index (χ0n) is 16.9. The van der Waals surface area contributed by atoms with Gasteiger partial charge in [-0.15, -0.1) is 0 Å². The van der Waals surface area contributed by atoms with Crippen molar-refractivity contribution < 1.29 is 14.3 Å². The van der Waals surface area contributed by atoms with Crippen molar-refractivity contribution in [1.29, 1.82) is 0 Å². The highest BCUT2D eigenvalue weighted by atomic mass is 16.5. The summed E-state index contributed by atoms with van der Waals surface area (Å²) in [6, 6.07) is 8.31. The third-order valence-corrected chi connectivity index (χ3v) is 5.12. The molecule has 0 aromatic heterocycles. The Morgan fingerprint density at radius 2 is 2.29 bits per heavy atom. The molecular formula is C21H32N4O3. The van der Waals surface area contributed by atoms with E-state index in [4.69, 9.17) is 9.47 Å². The van der Waals surface area contributed by atoms with Gasteiger partial charge in [0.2, 0.25) is 5.91 Å². The Bertz CT molecular complexity index is 673. The van der Waals surface area contributed by atoms with E-state index in [2.05, 4.69) is 28.6 Å². The maximum atomic E-state index is 12.5. The molecule has 28 heavy (non-hydrogen) atoms. The molecule has 2 heterocycles. The molecule has 2 aliphatic rings. The van der Waals surface area contributed by atoms with E-state index in [-0.39, 0.29) is 18.1 Å². The third-order valence-electron chi connectivity index (χ3n) is 5.12. The zero-order chi connectivity index (χ0) is 19.8. The lowest BCUT2D eigenvalue weighted by atomic mass is 10.2. The van der Waals surface area contributed by atoms with Gasteiger partial charge in [-0.2, -0.15) is 0 Å². The van der Waals surface area contributed by atoms with Gasteiger partial charge in [0.1, 0.15) is 0 Å². The van der Waals surface area contributed by atoms with Crippen LogP contribution in [-0.2, 0) is 20.7 Å². The van der Waals surface area contributed by atoms with Crippen LogP contribution in [0.1, 0.15) is 31.7 Å². The summed E-state index contributed by atoms with van der Waals surface area (Å²) >= 11 is 0. The van der Waals surface area contributed by atoms with Crippen molar-refractivity contribution in [2.75, 3.05) is 44.9 Å². The molecular weight excluding hydrogens is 356 g/mol. The molecule has 0 radical (unpaired) electrons. The molecule has 2 atom stereocenters. The van der Waals surface area contributed by atoms with Gasteiger partial charge >= 0.3 is 0 Å². The molecule has 1 aromatic carbocycles. The number of carbonyl (C=O) groups excluding carboxylic acids is 1. The summed E-state index contributed by atoms with van der Waals surface area (Å²) in [4.78, 5) is 18.7. The van der Waals surface area contributed by atoms with Crippen molar-refractivity contribution >= 4 is 17.6 Å². The fourth-order valence-corrected chi connectivity index (χ4v) is 3.57. The highest BCUT2D eigenvalue weighted by molar-refractivity contribution is 5.95. The third kappa shape index (κ3) is 5.69. The van der Waals surface area contributed by atoms with Gasteiger partial charge in [-0.05, 0) is 37.8 Å². The van der Waals surface area contributed by atoms with Gasteiger partial charge < -0.3 is 25.0 Å². The van der Waals surface area contributed by atoms with E-state index in [1.807, 2.05) is 23.1 Å². The van der Waals surface area contributed by atoms with Crippen LogP contribution in [0.3, 0.4) is 0 Å². The van der Waals surface area contributed by atoms with Crippen LogP contribution in [-0.4, -0.2) is 64.0 Å². The maximum absolute atomic E-state index is 12.5. The number of nitrogens with one attached hydrogen (secondary N) is 2. The first-order valence-electron chi connectivity index (χ1n) is 10.2. The van der Waals surface area contributed by atoms with E-state index >= 15 is 0 Å². The number of nitrogens with zero attached hydrogens (tertiary/aromatic N) is 2. The normalized spacial score (nSPS) is 20.1. The van der Waals surface area contributed by atoms with E-state index in [1.165, 1.54) is 5.56 Å². The van der Waals surface area contributed by atoms with Crippen LogP contribution in [0.4, 0.5) is 5.69 Å². The molecule has 0 saturated carbocycles. The Kier molecular flexibility index (Phi) is 7.68. The molecule has 1 amide bonds. The summed E-state index contributed by atoms with van der Waals surface area (Å²) in [5, 5.41) is 6.61. The number of aliphatic imine (C=N–C) groups is 1. The second-order valence-corrected chi connectivity index (χ2v) is 7.39. The topological polar surface area (TPSA) is 75.2 Å². The molecule has 2 N–H and O–H groups in total. The number of rotatable bonds is 8. The molecule has 0 aliphatic carbocycles. The summed E-state index contributed by atoms with van der Waals surface area (Å²) in [5.41, 5.74) is 2.33. The standard InChI is InChI=1S/C21H32N4O3/c1-16(14-28-18-10-13-27-15-18)24-21(22-2)23-11-5-8-20(26)25-12-9-17-6-3-4-7-19(17)25/h3-4,6-7,16,18H,5,8-15H2,1-2H3,(H2,22,23,24). The van der Waals surface area contributed by atoms with Crippen molar-refractivity contribution in [3.8, 4) is 0 Å². The van der Waals surface area contributed by atoms with Crippen molar-refractivity contribution in [3.63, 3.8) is 0 Å². The summed E-state index contributed by atoms with van der Waals surface area (Å²) in [6.45, 7) is 5.65. The van der Waals surface area contributed by atoms with E-state index in [1.54, 1.807) is 7.05 Å². The van der Waals surface area contributed by atoms with Crippen molar-refractivity contribution in [1.82, 2.24) is 10.6 Å². The molecule has 0 bridgehead atoms. The van der Waals surface area contributed by atoms with Gasteiger partial charge in [-0.1, -0.05) is 18.2 Å².